The standard InChI is InChI=1S/C4H5N/c1-2-4(1)3-5-4/h3H,1-2H2. The average molecular weight is 67.1 g/mol. The molecule has 1 aliphatic heterocycles. The highest BCUT2D eigenvalue weighted by Gasteiger charge is 2.48. The molecule has 0 atom stereocenters. The number of nitrogens with zero attached hydrogens (tertiary/aromatic N) is 1. The molecule has 2 aliphatic rings. The van der Waals surface area contributed by atoms with Gasteiger partial charge >= 0.3 is 0 Å². The van der Waals surface area contributed by atoms with Gasteiger partial charge in [0, 0.05) is 6.21 Å². The van der Waals surface area contributed by atoms with E-state index in [2.05, 4.69) is 4.99 Å². The summed E-state index contributed by atoms with van der Waals surface area (Å²) in [6.07, 6.45) is 4.73. The quantitative estimate of drug-likeness (QED) is 0.393. The number of hydrogen-bond acceptors (Lipinski definition) is 1. The first kappa shape index (κ1) is 1.96. The predicted molar refractivity (Wildman–Crippen MR) is 20.5 cm³/mol. The lowest BCUT2D eigenvalue weighted by atomic mass is 10.5. The van der Waals surface area contributed by atoms with E-state index in [0.29, 0.717) is 5.54 Å². The van der Waals surface area contributed by atoms with Crippen LogP contribution < -0.4 is 0 Å². The minimum atomic E-state index is 0.500. The first-order chi connectivity index (χ1) is 2.41. The first-order valence-corrected chi connectivity index (χ1v) is 1.98. The molecule has 1 aliphatic carbocycles. The second-order valence-corrected chi connectivity index (χ2v) is 1.86. The van der Waals surface area contributed by atoms with Crippen LogP contribution in [-0.2, 0) is 0 Å². The van der Waals surface area contributed by atoms with Crippen molar-refractivity contribution < 1.29 is 0 Å². The van der Waals surface area contributed by atoms with E-state index >= 15 is 0 Å². The van der Waals surface area contributed by atoms with Crippen LogP contribution in [0.25, 0.3) is 0 Å². The summed E-state index contributed by atoms with van der Waals surface area (Å²) in [7, 11) is 0. The van der Waals surface area contributed by atoms with Gasteiger partial charge < -0.3 is 0 Å². The van der Waals surface area contributed by atoms with Gasteiger partial charge in [0.15, 0.2) is 0 Å². The molecule has 1 heterocycles. The zero-order valence-electron chi connectivity index (χ0n) is 2.94. The Bertz CT molecular complexity index is 81.8. The summed E-state index contributed by atoms with van der Waals surface area (Å²) in [6, 6.07) is 0. The van der Waals surface area contributed by atoms with Crippen LogP contribution in [0.4, 0.5) is 0 Å². The van der Waals surface area contributed by atoms with E-state index in [9.17, 15) is 0 Å². The summed E-state index contributed by atoms with van der Waals surface area (Å²) in [5.74, 6) is 0. The van der Waals surface area contributed by atoms with Gasteiger partial charge in [-0.1, -0.05) is 0 Å². The summed E-state index contributed by atoms with van der Waals surface area (Å²) < 4.78 is 0. The van der Waals surface area contributed by atoms with Crippen molar-refractivity contribution in [2.75, 3.05) is 0 Å². The second-order valence-electron chi connectivity index (χ2n) is 1.86. The predicted octanol–water partition coefficient (Wildman–Crippen LogP) is 0.603. The Balaban J connectivity index is 2.37. The van der Waals surface area contributed by atoms with Crippen LogP contribution in [0, 0.1) is 0 Å². The Labute approximate surface area is 30.7 Å². The molecule has 0 aromatic carbocycles. The van der Waals surface area contributed by atoms with Crippen molar-refractivity contribution in [2.45, 2.75) is 18.4 Å². The van der Waals surface area contributed by atoms with Crippen LogP contribution >= 0.6 is 0 Å². The van der Waals surface area contributed by atoms with E-state index < -0.39 is 0 Å². The largest absolute Gasteiger partial charge is 0.283 e. The topological polar surface area (TPSA) is 12.4 Å². The molecule has 0 amide bonds. The molecule has 1 spiro atoms. The smallest absolute Gasteiger partial charge is 0.0952 e. The van der Waals surface area contributed by atoms with E-state index in [1.54, 1.807) is 0 Å². The summed E-state index contributed by atoms with van der Waals surface area (Å²) >= 11 is 0. The lowest BCUT2D eigenvalue weighted by Gasteiger charge is -1.61. The van der Waals surface area contributed by atoms with Crippen molar-refractivity contribution in [2.24, 2.45) is 4.99 Å². The molecule has 26 valence electrons. The van der Waals surface area contributed by atoms with Crippen LogP contribution in [0.1, 0.15) is 12.8 Å². The molecule has 0 aromatic rings. The van der Waals surface area contributed by atoms with E-state index in [4.69, 9.17) is 0 Å². The normalized spacial score (nSPS) is 35.2. The number of rotatable bonds is 0. The van der Waals surface area contributed by atoms with Gasteiger partial charge in [0.05, 0.1) is 5.54 Å². The van der Waals surface area contributed by atoms with Crippen molar-refractivity contribution in [3.8, 4) is 0 Å². The third-order valence-corrected chi connectivity index (χ3v) is 1.26. The van der Waals surface area contributed by atoms with Gasteiger partial charge in [0.1, 0.15) is 0 Å². The SMILES string of the molecule is C1=NC12CC2. The molecular formula is C4H5N. The van der Waals surface area contributed by atoms with E-state index in [1.807, 2.05) is 6.21 Å². The summed E-state index contributed by atoms with van der Waals surface area (Å²) in [6.45, 7) is 0. The highest BCUT2D eigenvalue weighted by molar-refractivity contribution is 5.88. The number of aliphatic imine (C=N–C) groups is 1. The fraction of sp³-hybridized carbons (Fsp3) is 0.750. The molecule has 0 unspecified atom stereocenters. The van der Waals surface area contributed by atoms with Gasteiger partial charge in [-0.05, 0) is 12.8 Å². The maximum Gasteiger partial charge on any atom is 0.0952 e. The van der Waals surface area contributed by atoms with Gasteiger partial charge in [-0.2, -0.15) is 0 Å². The average Bonchev–Trinajstić information content (AvgIpc) is 2.17. The molecule has 0 radical (unpaired) electrons. The molecule has 0 saturated heterocycles. The maximum absolute atomic E-state index is 4.02. The lowest BCUT2D eigenvalue weighted by Crippen LogP contribution is -1.75. The minimum absolute atomic E-state index is 0.500. The summed E-state index contributed by atoms with van der Waals surface area (Å²) in [4.78, 5) is 4.02. The zero-order chi connectivity index (χ0) is 3.33. The third-order valence-electron chi connectivity index (χ3n) is 1.26. The highest BCUT2D eigenvalue weighted by atomic mass is 15.1. The highest BCUT2D eigenvalue weighted by Crippen LogP contribution is 2.45. The van der Waals surface area contributed by atoms with E-state index in [-0.39, 0.29) is 0 Å². The van der Waals surface area contributed by atoms with Crippen LogP contribution in [-0.4, -0.2) is 11.8 Å². The van der Waals surface area contributed by atoms with Crippen molar-refractivity contribution in [3.05, 3.63) is 0 Å². The zero-order valence-corrected chi connectivity index (χ0v) is 2.94. The van der Waals surface area contributed by atoms with E-state index in [1.165, 1.54) is 12.8 Å². The van der Waals surface area contributed by atoms with Crippen LogP contribution in [0.2, 0.25) is 0 Å². The Morgan fingerprint density at radius 1 is 1.60 bits per heavy atom. The molecular weight excluding hydrogens is 62.1 g/mol. The third kappa shape index (κ3) is 0.109. The van der Waals surface area contributed by atoms with Gasteiger partial charge in [0.25, 0.3) is 0 Å². The second kappa shape index (κ2) is 0.280. The molecule has 5 heavy (non-hydrogen) atoms. The molecule has 1 fully saturated rings. The van der Waals surface area contributed by atoms with E-state index in [0.717, 1.165) is 0 Å². The molecule has 0 aromatic heterocycles. The van der Waals surface area contributed by atoms with Crippen LogP contribution in [0.15, 0.2) is 4.99 Å². The van der Waals surface area contributed by atoms with Crippen molar-refractivity contribution in [3.63, 3.8) is 0 Å². The summed E-state index contributed by atoms with van der Waals surface area (Å²) in [5.41, 5.74) is 0.500. The Morgan fingerprint density at radius 2 is 2.20 bits per heavy atom. The molecule has 0 bridgehead atoms. The maximum atomic E-state index is 4.02. The fourth-order valence-electron chi connectivity index (χ4n) is 0.478. The van der Waals surface area contributed by atoms with Gasteiger partial charge in [0.2, 0.25) is 0 Å². The Hall–Kier alpha value is -0.330. The minimum Gasteiger partial charge on any atom is -0.283 e. The van der Waals surface area contributed by atoms with Gasteiger partial charge in [-0.25, -0.2) is 0 Å². The fourth-order valence-corrected chi connectivity index (χ4v) is 0.478. The molecule has 1 nitrogen and oxygen atoms in total. The number of hydrogen-bond donors (Lipinski definition) is 0. The van der Waals surface area contributed by atoms with Crippen molar-refractivity contribution in [1.82, 2.24) is 0 Å². The molecule has 0 N–H and O–H groups in total. The van der Waals surface area contributed by atoms with Gasteiger partial charge in [-0.15, -0.1) is 0 Å². The monoisotopic (exact) mass is 67.0 g/mol. The van der Waals surface area contributed by atoms with Crippen molar-refractivity contribution >= 4 is 6.21 Å². The van der Waals surface area contributed by atoms with Crippen LogP contribution in [0.3, 0.4) is 0 Å². The molecule has 1 saturated carbocycles. The molecule has 2 rings (SSSR count). The Morgan fingerprint density at radius 3 is 2.20 bits per heavy atom. The Kier molecular flexibility index (Phi) is 0.109. The summed E-state index contributed by atoms with van der Waals surface area (Å²) in [5, 5.41) is 0. The van der Waals surface area contributed by atoms with Gasteiger partial charge in [-0.3, -0.25) is 4.99 Å². The molecule has 1 heteroatoms. The van der Waals surface area contributed by atoms with Crippen LogP contribution in [0.5, 0.6) is 0 Å². The lowest BCUT2D eigenvalue weighted by molar-refractivity contribution is 1.09. The first-order valence-electron chi connectivity index (χ1n) is 1.98. The van der Waals surface area contributed by atoms with Crippen molar-refractivity contribution in [1.29, 1.82) is 0 Å².